The van der Waals surface area contributed by atoms with Gasteiger partial charge in [-0.3, -0.25) is 20.3 Å². The van der Waals surface area contributed by atoms with Crippen molar-refractivity contribution in [3.8, 4) is 0 Å². The molecule has 8 nitrogen and oxygen atoms in total. The van der Waals surface area contributed by atoms with Gasteiger partial charge in [-0.25, -0.2) is 0 Å². The summed E-state index contributed by atoms with van der Waals surface area (Å²) in [5.74, 6) is 0.121. The largest absolute Gasteiger partial charge is 0.388 e. The molecule has 0 spiro atoms. The second-order valence-electron chi connectivity index (χ2n) is 4.97. The Bertz CT molecular complexity index is 547. The molecule has 0 aromatic carbocycles. The smallest absolute Gasteiger partial charge is 0.287 e. The lowest BCUT2D eigenvalue weighted by atomic mass is 10.3. The van der Waals surface area contributed by atoms with E-state index in [1.807, 2.05) is 0 Å². The third kappa shape index (κ3) is 3.56. The maximum atomic E-state index is 12.0. The van der Waals surface area contributed by atoms with Gasteiger partial charge in [0, 0.05) is 25.6 Å². The molecule has 1 aromatic heterocycles. The average molecular weight is 279 g/mol. The molecule has 0 saturated heterocycles. The lowest BCUT2D eigenvalue weighted by Crippen LogP contribution is -2.29. The molecule has 1 heterocycles. The van der Waals surface area contributed by atoms with Gasteiger partial charge in [0.15, 0.2) is 0 Å². The van der Waals surface area contributed by atoms with Gasteiger partial charge in [-0.15, -0.1) is 0 Å². The number of amides is 1. The quantitative estimate of drug-likeness (QED) is 0.296. The van der Waals surface area contributed by atoms with E-state index in [0.29, 0.717) is 12.5 Å². The van der Waals surface area contributed by atoms with E-state index in [9.17, 15) is 14.9 Å². The second kappa shape index (κ2) is 5.72. The van der Waals surface area contributed by atoms with Gasteiger partial charge >= 0.3 is 0 Å². The Kier molecular flexibility index (Phi) is 4.02. The van der Waals surface area contributed by atoms with Crippen LogP contribution in [0, 0.1) is 21.4 Å². The van der Waals surface area contributed by atoms with Crippen molar-refractivity contribution in [3.63, 3.8) is 0 Å². The molecule has 0 unspecified atom stereocenters. The fraction of sp³-hybridized carbons (Fsp3) is 0.500. The number of aromatic nitrogens is 1. The zero-order chi connectivity index (χ0) is 14.7. The minimum Gasteiger partial charge on any atom is -0.388 e. The first-order valence-corrected chi connectivity index (χ1v) is 6.43. The molecular weight excluding hydrogens is 262 g/mol. The lowest BCUT2D eigenvalue weighted by Gasteiger charge is -2.08. The van der Waals surface area contributed by atoms with Gasteiger partial charge in [0.05, 0.1) is 17.0 Å². The third-order valence-corrected chi connectivity index (χ3v) is 3.16. The zero-order valence-electron chi connectivity index (χ0n) is 11.0. The molecule has 2 rings (SSSR count). The van der Waals surface area contributed by atoms with Gasteiger partial charge < -0.3 is 15.6 Å². The van der Waals surface area contributed by atoms with Crippen LogP contribution in [-0.2, 0) is 6.54 Å². The van der Waals surface area contributed by atoms with E-state index < -0.39 is 4.92 Å². The Morgan fingerprint density at radius 3 is 2.85 bits per heavy atom. The second-order valence-corrected chi connectivity index (χ2v) is 4.97. The molecule has 1 amide bonds. The molecule has 1 aliphatic carbocycles. The van der Waals surface area contributed by atoms with E-state index in [2.05, 4.69) is 5.32 Å². The van der Waals surface area contributed by atoms with Gasteiger partial charge in [-0.05, 0) is 18.8 Å². The van der Waals surface area contributed by atoms with Gasteiger partial charge in [0.2, 0.25) is 0 Å². The number of rotatable bonds is 7. The van der Waals surface area contributed by atoms with Crippen LogP contribution in [0.2, 0.25) is 0 Å². The van der Waals surface area contributed by atoms with E-state index in [0.717, 1.165) is 12.8 Å². The number of carbonyl (C=O) groups is 1. The molecule has 1 saturated carbocycles. The van der Waals surface area contributed by atoms with E-state index >= 15 is 0 Å². The topological polar surface area (TPSA) is 127 Å². The number of nitrogens with one attached hydrogen (secondary N) is 2. The van der Waals surface area contributed by atoms with Crippen molar-refractivity contribution < 1.29 is 9.72 Å². The summed E-state index contributed by atoms with van der Waals surface area (Å²) in [6.07, 6.45) is 3.85. The Labute approximate surface area is 115 Å². The maximum absolute atomic E-state index is 12.0. The highest BCUT2D eigenvalue weighted by atomic mass is 16.6. The van der Waals surface area contributed by atoms with Crippen LogP contribution in [0.25, 0.3) is 0 Å². The summed E-state index contributed by atoms with van der Waals surface area (Å²) < 4.78 is 1.64. The molecule has 8 heteroatoms. The van der Waals surface area contributed by atoms with Crippen LogP contribution in [0.5, 0.6) is 0 Å². The fourth-order valence-electron chi connectivity index (χ4n) is 1.92. The van der Waals surface area contributed by atoms with Crippen LogP contribution in [-0.4, -0.2) is 27.8 Å². The molecule has 1 aliphatic rings. The molecule has 1 aromatic rings. The third-order valence-electron chi connectivity index (χ3n) is 3.16. The van der Waals surface area contributed by atoms with Crippen molar-refractivity contribution >= 4 is 17.4 Å². The number of amidine groups is 1. The SMILES string of the molecule is N=C(N)CCNC(=O)c1cc([N+](=O)[O-])cn1CC1CC1. The highest BCUT2D eigenvalue weighted by Crippen LogP contribution is 2.32. The van der Waals surface area contributed by atoms with Crippen LogP contribution in [0.1, 0.15) is 29.8 Å². The van der Waals surface area contributed by atoms with Crippen LogP contribution in [0.3, 0.4) is 0 Å². The molecular formula is C12H17N5O3. The lowest BCUT2D eigenvalue weighted by molar-refractivity contribution is -0.384. The first-order valence-electron chi connectivity index (χ1n) is 6.43. The van der Waals surface area contributed by atoms with E-state index in [1.165, 1.54) is 12.3 Å². The first kappa shape index (κ1) is 14.0. The van der Waals surface area contributed by atoms with Crippen molar-refractivity contribution in [1.82, 2.24) is 9.88 Å². The van der Waals surface area contributed by atoms with E-state index in [1.54, 1.807) is 4.57 Å². The van der Waals surface area contributed by atoms with E-state index in [-0.39, 0.29) is 36.1 Å². The summed E-state index contributed by atoms with van der Waals surface area (Å²) in [5.41, 5.74) is 5.41. The van der Waals surface area contributed by atoms with Crippen molar-refractivity contribution in [2.24, 2.45) is 11.7 Å². The zero-order valence-corrected chi connectivity index (χ0v) is 11.0. The van der Waals surface area contributed by atoms with Gasteiger partial charge in [0.1, 0.15) is 5.69 Å². The predicted octanol–water partition coefficient (Wildman–Crippen LogP) is 0.862. The average Bonchev–Trinajstić information content (AvgIpc) is 3.05. The minimum absolute atomic E-state index is 0.00959. The van der Waals surface area contributed by atoms with Gasteiger partial charge in [-0.1, -0.05) is 0 Å². The summed E-state index contributed by atoms with van der Waals surface area (Å²) in [5, 5.41) is 20.5. The number of nitrogens with zero attached hydrogens (tertiary/aromatic N) is 2. The molecule has 0 radical (unpaired) electrons. The van der Waals surface area contributed by atoms with Crippen molar-refractivity contribution in [1.29, 1.82) is 5.41 Å². The summed E-state index contributed by atoms with van der Waals surface area (Å²) in [6, 6.07) is 1.28. The van der Waals surface area contributed by atoms with Crippen molar-refractivity contribution in [2.75, 3.05) is 6.54 Å². The van der Waals surface area contributed by atoms with Crippen LogP contribution in [0.15, 0.2) is 12.3 Å². The summed E-state index contributed by atoms with van der Waals surface area (Å²) in [7, 11) is 0. The predicted molar refractivity (Wildman–Crippen MR) is 72.7 cm³/mol. The van der Waals surface area contributed by atoms with Crippen molar-refractivity contribution in [3.05, 3.63) is 28.1 Å². The van der Waals surface area contributed by atoms with Gasteiger partial charge in [0.25, 0.3) is 11.6 Å². The summed E-state index contributed by atoms with van der Waals surface area (Å²) in [6.45, 7) is 0.875. The Balaban J connectivity index is 2.08. The van der Waals surface area contributed by atoms with Crippen LogP contribution < -0.4 is 11.1 Å². The monoisotopic (exact) mass is 279 g/mol. The van der Waals surface area contributed by atoms with Gasteiger partial charge in [-0.2, -0.15) is 0 Å². The fourth-order valence-corrected chi connectivity index (χ4v) is 1.92. The summed E-state index contributed by atoms with van der Waals surface area (Å²) in [4.78, 5) is 22.3. The maximum Gasteiger partial charge on any atom is 0.287 e. The summed E-state index contributed by atoms with van der Waals surface area (Å²) >= 11 is 0. The number of hydrogen-bond donors (Lipinski definition) is 3. The highest BCUT2D eigenvalue weighted by Gasteiger charge is 2.26. The van der Waals surface area contributed by atoms with Crippen LogP contribution >= 0.6 is 0 Å². The first-order chi connectivity index (χ1) is 9.47. The minimum atomic E-state index is -0.504. The molecule has 108 valence electrons. The Morgan fingerprint density at radius 1 is 1.60 bits per heavy atom. The van der Waals surface area contributed by atoms with Crippen LogP contribution in [0.4, 0.5) is 5.69 Å². The highest BCUT2D eigenvalue weighted by molar-refractivity contribution is 5.93. The molecule has 0 bridgehead atoms. The standard InChI is InChI=1S/C12H17N5O3/c13-11(14)3-4-15-12(18)10-5-9(17(19)20)7-16(10)6-8-1-2-8/h5,7-8H,1-4,6H2,(H3,13,14)(H,15,18). The Hall–Kier alpha value is -2.38. The molecule has 1 fully saturated rings. The number of carbonyl (C=O) groups excluding carboxylic acids is 1. The normalized spacial score (nSPS) is 14.0. The molecule has 20 heavy (non-hydrogen) atoms. The molecule has 0 aliphatic heterocycles. The van der Waals surface area contributed by atoms with Crippen molar-refractivity contribution in [2.45, 2.75) is 25.8 Å². The molecule has 0 atom stereocenters. The number of hydrogen-bond acceptors (Lipinski definition) is 4. The number of nitrogens with two attached hydrogens (primary N) is 1. The van der Waals surface area contributed by atoms with E-state index in [4.69, 9.17) is 11.1 Å². The molecule has 4 N–H and O–H groups in total. The Morgan fingerprint density at radius 2 is 2.30 bits per heavy atom. The number of nitro groups is 1.